The molecule has 2 aromatic carbocycles. The van der Waals surface area contributed by atoms with Gasteiger partial charge in [0.15, 0.2) is 11.5 Å². The molecule has 0 saturated carbocycles. The third kappa shape index (κ3) is 4.47. The summed E-state index contributed by atoms with van der Waals surface area (Å²) in [6, 6.07) is 13.2. The first-order valence-electron chi connectivity index (χ1n) is 10.5. The Morgan fingerprint density at radius 3 is 2.61 bits per heavy atom. The maximum absolute atomic E-state index is 13.3. The molecule has 0 aliphatic carbocycles. The molecular formula is C25H25N3O4S. The highest BCUT2D eigenvalue weighted by Gasteiger charge is 2.17. The summed E-state index contributed by atoms with van der Waals surface area (Å²) in [5.74, 6) is 1.16. The molecule has 4 rings (SSSR count). The van der Waals surface area contributed by atoms with Crippen molar-refractivity contribution in [3.05, 3.63) is 70.1 Å². The van der Waals surface area contributed by atoms with E-state index in [4.69, 9.17) is 9.47 Å². The highest BCUT2D eigenvalue weighted by atomic mass is 32.1. The maximum Gasteiger partial charge on any atom is 0.263 e. The molecule has 2 aromatic heterocycles. The van der Waals surface area contributed by atoms with E-state index in [0.29, 0.717) is 21.7 Å². The topological polar surface area (TPSA) is 82.5 Å². The number of hydrogen-bond acceptors (Lipinski definition) is 6. The molecule has 8 heteroatoms. The Morgan fingerprint density at radius 2 is 1.88 bits per heavy atom. The van der Waals surface area contributed by atoms with Crippen molar-refractivity contribution >= 4 is 33.1 Å². The lowest BCUT2D eigenvalue weighted by Gasteiger charge is -2.14. The number of anilines is 1. The number of benzene rings is 2. The largest absolute Gasteiger partial charge is 0.493 e. The summed E-state index contributed by atoms with van der Waals surface area (Å²) in [7, 11) is 3.14. The Balaban J connectivity index is 1.67. The van der Waals surface area contributed by atoms with E-state index in [0.717, 1.165) is 22.4 Å². The van der Waals surface area contributed by atoms with Crippen molar-refractivity contribution in [2.24, 2.45) is 0 Å². The van der Waals surface area contributed by atoms with Crippen molar-refractivity contribution in [2.45, 2.75) is 26.3 Å². The molecule has 0 aliphatic rings. The zero-order valence-electron chi connectivity index (χ0n) is 18.9. The first kappa shape index (κ1) is 22.5. The molecule has 0 fully saturated rings. The van der Waals surface area contributed by atoms with Gasteiger partial charge >= 0.3 is 0 Å². The van der Waals surface area contributed by atoms with Crippen LogP contribution in [0.1, 0.15) is 25.3 Å². The van der Waals surface area contributed by atoms with Crippen LogP contribution in [0.4, 0.5) is 5.69 Å². The molecule has 1 amide bonds. The van der Waals surface area contributed by atoms with E-state index >= 15 is 0 Å². The summed E-state index contributed by atoms with van der Waals surface area (Å²) in [6.45, 7) is 4.01. The van der Waals surface area contributed by atoms with Crippen LogP contribution >= 0.6 is 11.3 Å². The molecule has 1 N–H and O–H groups in total. The van der Waals surface area contributed by atoms with Gasteiger partial charge < -0.3 is 14.8 Å². The molecular weight excluding hydrogens is 438 g/mol. The number of carbonyl (C=O) groups is 1. The number of methoxy groups -OCH3 is 2. The SMILES string of the molecule is COc1ccc(-c2csc3ncn(CC(=O)Nc4ccccc4C(C)C)c(=O)c23)cc1OC. The number of nitrogens with zero attached hydrogens (tertiary/aromatic N) is 2. The Morgan fingerprint density at radius 1 is 1.12 bits per heavy atom. The molecule has 0 aliphatic heterocycles. The predicted molar refractivity (Wildman–Crippen MR) is 132 cm³/mol. The Bertz CT molecular complexity index is 1370. The molecule has 170 valence electrons. The van der Waals surface area contributed by atoms with Gasteiger partial charge in [0, 0.05) is 16.6 Å². The van der Waals surface area contributed by atoms with Crippen molar-refractivity contribution in [2.75, 3.05) is 19.5 Å². The van der Waals surface area contributed by atoms with Crippen molar-refractivity contribution in [1.29, 1.82) is 0 Å². The number of rotatable bonds is 7. The van der Waals surface area contributed by atoms with Crippen LogP contribution in [0.3, 0.4) is 0 Å². The second kappa shape index (κ2) is 9.46. The number of ether oxygens (including phenoxy) is 2. The number of aromatic nitrogens is 2. The first-order valence-corrected chi connectivity index (χ1v) is 11.4. The molecule has 0 bridgehead atoms. The van der Waals surface area contributed by atoms with Crippen LogP contribution in [-0.2, 0) is 11.3 Å². The number of thiophene rings is 1. The maximum atomic E-state index is 13.3. The molecule has 0 spiro atoms. The summed E-state index contributed by atoms with van der Waals surface area (Å²) >= 11 is 1.38. The second-order valence-electron chi connectivity index (χ2n) is 7.87. The summed E-state index contributed by atoms with van der Waals surface area (Å²) in [5, 5.41) is 5.30. The fraction of sp³-hybridized carbons (Fsp3) is 0.240. The van der Waals surface area contributed by atoms with E-state index in [1.807, 2.05) is 41.8 Å². The number of amides is 1. The Labute approximate surface area is 195 Å². The van der Waals surface area contributed by atoms with Gasteiger partial charge in [0.25, 0.3) is 5.56 Å². The lowest BCUT2D eigenvalue weighted by atomic mass is 10.0. The monoisotopic (exact) mass is 463 g/mol. The van der Waals surface area contributed by atoms with E-state index in [1.54, 1.807) is 20.3 Å². The smallest absolute Gasteiger partial charge is 0.263 e. The fourth-order valence-corrected chi connectivity index (χ4v) is 4.66. The van der Waals surface area contributed by atoms with Crippen LogP contribution < -0.4 is 20.3 Å². The lowest BCUT2D eigenvalue weighted by Crippen LogP contribution is -2.28. The van der Waals surface area contributed by atoms with Crippen molar-refractivity contribution in [3.8, 4) is 22.6 Å². The van der Waals surface area contributed by atoms with E-state index in [1.165, 1.54) is 22.2 Å². The summed E-state index contributed by atoms with van der Waals surface area (Å²) in [5.41, 5.74) is 3.08. The van der Waals surface area contributed by atoms with Crippen molar-refractivity contribution in [3.63, 3.8) is 0 Å². The standard InChI is InChI=1S/C25H25N3O4S/c1-15(2)17-7-5-6-8-19(17)27-22(29)12-28-14-26-24-23(25(28)30)18(13-33-24)16-9-10-20(31-3)21(11-16)32-4/h5-11,13-15H,12H2,1-4H3,(H,27,29). The molecule has 0 unspecified atom stereocenters. The van der Waals surface area contributed by atoms with Gasteiger partial charge in [0.1, 0.15) is 11.4 Å². The summed E-state index contributed by atoms with van der Waals surface area (Å²) < 4.78 is 12.1. The van der Waals surface area contributed by atoms with E-state index in [-0.39, 0.29) is 23.9 Å². The normalized spacial score (nSPS) is 11.1. The minimum atomic E-state index is -0.283. The van der Waals surface area contributed by atoms with Gasteiger partial charge in [-0.2, -0.15) is 0 Å². The van der Waals surface area contributed by atoms with E-state index in [2.05, 4.69) is 24.1 Å². The van der Waals surface area contributed by atoms with Gasteiger partial charge in [-0.15, -0.1) is 11.3 Å². The zero-order valence-corrected chi connectivity index (χ0v) is 19.7. The van der Waals surface area contributed by atoms with Crippen LogP contribution in [0.15, 0.2) is 59.0 Å². The minimum absolute atomic E-state index is 0.130. The van der Waals surface area contributed by atoms with Crippen LogP contribution in [0.5, 0.6) is 11.5 Å². The molecule has 0 radical (unpaired) electrons. The number of hydrogen-bond donors (Lipinski definition) is 1. The second-order valence-corrected chi connectivity index (χ2v) is 8.73. The highest BCUT2D eigenvalue weighted by Crippen LogP contribution is 2.36. The number of nitrogens with one attached hydrogen (secondary N) is 1. The minimum Gasteiger partial charge on any atom is -0.493 e. The summed E-state index contributed by atoms with van der Waals surface area (Å²) in [6.07, 6.45) is 1.42. The van der Waals surface area contributed by atoms with E-state index in [9.17, 15) is 9.59 Å². The third-order valence-electron chi connectivity index (χ3n) is 5.43. The highest BCUT2D eigenvalue weighted by molar-refractivity contribution is 7.17. The van der Waals surface area contributed by atoms with Gasteiger partial charge in [-0.3, -0.25) is 14.2 Å². The average Bonchev–Trinajstić information content (AvgIpc) is 3.25. The molecule has 4 aromatic rings. The molecule has 2 heterocycles. The Kier molecular flexibility index (Phi) is 6.46. The van der Waals surface area contributed by atoms with Gasteiger partial charge in [-0.25, -0.2) is 4.98 Å². The zero-order chi connectivity index (χ0) is 23.5. The van der Waals surface area contributed by atoms with Crippen LogP contribution in [0, 0.1) is 0 Å². The van der Waals surface area contributed by atoms with Crippen molar-refractivity contribution in [1.82, 2.24) is 9.55 Å². The van der Waals surface area contributed by atoms with Crippen molar-refractivity contribution < 1.29 is 14.3 Å². The third-order valence-corrected chi connectivity index (χ3v) is 6.31. The average molecular weight is 464 g/mol. The number of para-hydroxylation sites is 1. The molecule has 7 nitrogen and oxygen atoms in total. The number of fused-ring (bicyclic) bond motifs is 1. The van der Waals surface area contributed by atoms with Gasteiger partial charge in [-0.05, 0) is 35.2 Å². The van der Waals surface area contributed by atoms with Crippen LogP contribution in [0.25, 0.3) is 21.3 Å². The molecule has 0 atom stereocenters. The first-order chi connectivity index (χ1) is 15.9. The molecule has 33 heavy (non-hydrogen) atoms. The predicted octanol–water partition coefficient (Wildman–Crippen LogP) is 4.90. The summed E-state index contributed by atoms with van der Waals surface area (Å²) in [4.78, 5) is 31.1. The number of carbonyl (C=O) groups excluding carboxylic acids is 1. The van der Waals surface area contributed by atoms with Crippen LogP contribution in [0.2, 0.25) is 0 Å². The lowest BCUT2D eigenvalue weighted by molar-refractivity contribution is -0.116. The Hall–Kier alpha value is -3.65. The fourth-order valence-electron chi connectivity index (χ4n) is 3.76. The quantitative estimate of drug-likeness (QED) is 0.421. The van der Waals surface area contributed by atoms with E-state index < -0.39 is 0 Å². The molecule has 0 saturated heterocycles. The van der Waals surface area contributed by atoms with Gasteiger partial charge in [0.2, 0.25) is 5.91 Å². The van der Waals surface area contributed by atoms with Gasteiger partial charge in [0.05, 0.1) is 25.9 Å². The van der Waals surface area contributed by atoms with Gasteiger partial charge in [-0.1, -0.05) is 38.1 Å². The van der Waals surface area contributed by atoms with Crippen LogP contribution in [-0.4, -0.2) is 29.7 Å².